The van der Waals surface area contributed by atoms with Crippen LogP contribution in [0.2, 0.25) is 0 Å². The van der Waals surface area contributed by atoms with Crippen LogP contribution in [0.5, 0.6) is 17.2 Å². The Morgan fingerprint density at radius 2 is 1.74 bits per heavy atom. The monoisotopic (exact) mass is 489 g/mol. The summed E-state index contributed by atoms with van der Waals surface area (Å²) >= 11 is 1.71. The number of dihydropyridines is 1. The highest BCUT2D eigenvalue weighted by Crippen LogP contribution is 2.50. The van der Waals surface area contributed by atoms with Gasteiger partial charge in [0, 0.05) is 40.8 Å². The largest absolute Gasteiger partial charge is 0.496 e. The number of Topliss-reactive ketones (excluding diaryl/α,β-unsaturated/α-hetero) is 1. The second kappa shape index (κ2) is 10.8. The van der Waals surface area contributed by atoms with Crippen molar-refractivity contribution in [2.75, 3.05) is 39.4 Å². The normalized spacial score (nSPS) is 19.4. The first-order chi connectivity index (χ1) is 16.2. The third-order valence-corrected chi connectivity index (χ3v) is 7.04. The number of ether oxygens (including phenoxy) is 4. The summed E-state index contributed by atoms with van der Waals surface area (Å²) in [5.74, 6) is 2.11. The average Bonchev–Trinajstić information content (AvgIpc) is 2.78. The highest BCUT2D eigenvalue weighted by molar-refractivity contribution is 7.99. The maximum Gasteiger partial charge on any atom is 0.336 e. The number of methoxy groups -OCH3 is 3. The first-order valence-electron chi connectivity index (χ1n) is 11.5. The second-order valence-electron chi connectivity index (χ2n) is 9.21. The fraction of sp³-hybridized carbons (Fsp3) is 0.538. The zero-order chi connectivity index (χ0) is 25.0. The number of carbonyl (C=O) groups is 2. The molecule has 1 aliphatic carbocycles. The Kier molecular flexibility index (Phi) is 8.23. The third kappa shape index (κ3) is 5.22. The van der Waals surface area contributed by atoms with Gasteiger partial charge in [0.1, 0.15) is 12.4 Å². The molecule has 0 fully saturated rings. The van der Waals surface area contributed by atoms with Crippen molar-refractivity contribution in [1.29, 1.82) is 0 Å². The molecule has 0 radical (unpaired) electrons. The number of rotatable bonds is 9. The van der Waals surface area contributed by atoms with Gasteiger partial charge in [0.2, 0.25) is 0 Å². The lowest BCUT2D eigenvalue weighted by molar-refractivity contribution is -0.138. The quantitative estimate of drug-likeness (QED) is 0.398. The Hall–Kier alpha value is -2.61. The van der Waals surface area contributed by atoms with Crippen LogP contribution in [0.3, 0.4) is 0 Å². The van der Waals surface area contributed by atoms with Crippen molar-refractivity contribution >= 4 is 23.5 Å². The Bertz CT molecular complexity index is 1030. The molecule has 2 aliphatic rings. The van der Waals surface area contributed by atoms with E-state index in [-0.39, 0.29) is 11.2 Å². The van der Waals surface area contributed by atoms with E-state index >= 15 is 0 Å². The molecule has 0 saturated carbocycles. The summed E-state index contributed by atoms with van der Waals surface area (Å²) in [5, 5.41) is 3.36. The minimum Gasteiger partial charge on any atom is -0.496 e. The summed E-state index contributed by atoms with van der Waals surface area (Å²) in [7, 11) is 4.66. The van der Waals surface area contributed by atoms with E-state index in [1.165, 1.54) is 0 Å². The number of hydrogen-bond acceptors (Lipinski definition) is 8. The van der Waals surface area contributed by atoms with Gasteiger partial charge in [0.25, 0.3) is 0 Å². The van der Waals surface area contributed by atoms with Crippen LogP contribution in [-0.4, -0.2) is 51.2 Å². The van der Waals surface area contributed by atoms with E-state index in [0.29, 0.717) is 64.9 Å². The molecule has 7 nitrogen and oxygen atoms in total. The van der Waals surface area contributed by atoms with Crippen molar-refractivity contribution in [2.24, 2.45) is 5.41 Å². The first-order valence-corrected chi connectivity index (χ1v) is 12.6. The summed E-state index contributed by atoms with van der Waals surface area (Å²) in [5.41, 5.74) is 3.02. The first kappa shape index (κ1) is 26.0. The van der Waals surface area contributed by atoms with E-state index in [0.717, 1.165) is 11.4 Å². The van der Waals surface area contributed by atoms with Crippen LogP contribution in [0.1, 0.15) is 52.0 Å². The minimum atomic E-state index is -0.638. The molecule has 8 heteroatoms. The second-order valence-corrected chi connectivity index (χ2v) is 10.6. The molecule has 0 amide bonds. The summed E-state index contributed by atoms with van der Waals surface area (Å²) in [6.07, 6.45) is 1.10. The third-order valence-electron chi connectivity index (χ3n) is 6.17. The predicted octanol–water partition coefficient (Wildman–Crippen LogP) is 4.61. The van der Waals surface area contributed by atoms with Gasteiger partial charge in [-0.05, 0) is 30.6 Å². The number of carbonyl (C=O) groups excluding carboxylic acids is 2. The van der Waals surface area contributed by atoms with Gasteiger partial charge in [-0.25, -0.2) is 4.79 Å². The maximum atomic E-state index is 13.5. The van der Waals surface area contributed by atoms with E-state index in [1.807, 2.05) is 6.92 Å². The lowest BCUT2D eigenvalue weighted by Gasteiger charge is -2.39. The summed E-state index contributed by atoms with van der Waals surface area (Å²) in [4.78, 5) is 26.9. The maximum absolute atomic E-state index is 13.5. The Morgan fingerprint density at radius 3 is 2.35 bits per heavy atom. The Balaban J connectivity index is 2.18. The van der Waals surface area contributed by atoms with Gasteiger partial charge in [-0.2, -0.15) is 11.8 Å². The Morgan fingerprint density at radius 1 is 1.09 bits per heavy atom. The number of ketones is 1. The zero-order valence-corrected chi connectivity index (χ0v) is 21.9. The number of hydrogen-bond donors (Lipinski definition) is 1. The van der Waals surface area contributed by atoms with Crippen LogP contribution < -0.4 is 19.5 Å². The van der Waals surface area contributed by atoms with Gasteiger partial charge in [-0.3, -0.25) is 4.79 Å². The van der Waals surface area contributed by atoms with Crippen molar-refractivity contribution in [3.05, 3.63) is 40.2 Å². The highest BCUT2D eigenvalue weighted by Gasteiger charge is 2.44. The zero-order valence-electron chi connectivity index (χ0n) is 21.1. The minimum absolute atomic E-state index is 0.0138. The summed E-state index contributed by atoms with van der Waals surface area (Å²) in [6.45, 7) is 8.38. The topological polar surface area (TPSA) is 83.1 Å². The number of esters is 1. The number of benzene rings is 1. The number of nitrogens with one attached hydrogen (secondary N) is 1. The molecule has 186 valence electrons. The van der Waals surface area contributed by atoms with Crippen molar-refractivity contribution in [3.8, 4) is 17.2 Å². The predicted molar refractivity (Wildman–Crippen MR) is 134 cm³/mol. The fourth-order valence-corrected chi connectivity index (χ4v) is 5.20. The molecule has 3 rings (SSSR count). The average molecular weight is 490 g/mol. The molecule has 1 atom stereocenters. The Labute approximate surface area is 206 Å². The van der Waals surface area contributed by atoms with Gasteiger partial charge >= 0.3 is 5.97 Å². The van der Waals surface area contributed by atoms with Crippen LogP contribution >= 0.6 is 11.8 Å². The molecular weight excluding hydrogens is 454 g/mol. The molecule has 0 bridgehead atoms. The van der Waals surface area contributed by atoms with Gasteiger partial charge in [-0.1, -0.05) is 20.8 Å². The lowest BCUT2D eigenvalue weighted by Crippen LogP contribution is -2.38. The molecule has 1 heterocycles. The van der Waals surface area contributed by atoms with Gasteiger partial charge in [0.05, 0.1) is 32.8 Å². The van der Waals surface area contributed by atoms with Crippen molar-refractivity contribution in [3.63, 3.8) is 0 Å². The van der Waals surface area contributed by atoms with Crippen molar-refractivity contribution < 1.29 is 28.5 Å². The molecule has 0 saturated heterocycles. The van der Waals surface area contributed by atoms with Crippen LogP contribution in [-0.2, 0) is 14.3 Å². The summed E-state index contributed by atoms with van der Waals surface area (Å²) < 4.78 is 22.3. The lowest BCUT2D eigenvalue weighted by atomic mass is 9.68. The van der Waals surface area contributed by atoms with E-state index < -0.39 is 11.9 Å². The van der Waals surface area contributed by atoms with E-state index in [4.69, 9.17) is 18.9 Å². The molecule has 1 N–H and O–H groups in total. The molecule has 1 aromatic carbocycles. The van der Waals surface area contributed by atoms with Crippen molar-refractivity contribution in [2.45, 2.75) is 46.5 Å². The van der Waals surface area contributed by atoms with Crippen LogP contribution in [0.15, 0.2) is 34.7 Å². The SMILES string of the molecule is CCSCCOC(=O)C1=C(C)NC2=C(C(=O)CC(C)(C)C2)[C@@H]1c1cc(OC)c(OC)cc1OC. The molecule has 34 heavy (non-hydrogen) atoms. The van der Waals surface area contributed by atoms with E-state index in [9.17, 15) is 9.59 Å². The van der Waals surface area contributed by atoms with Gasteiger partial charge < -0.3 is 24.3 Å². The molecule has 0 spiro atoms. The van der Waals surface area contributed by atoms with Crippen molar-refractivity contribution in [1.82, 2.24) is 5.32 Å². The standard InChI is InChI=1S/C26H35NO6S/c1-8-34-10-9-33-25(29)22-15(2)27-17-13-26(3,4)14-18(28)24(17)23(22)16-11-20(31-6)21(32-7)12-19(16)30-5/h11-12,23,27H,8-10,13-14H2,1-7H3/t23-/m1/s1. The van der Waals surface area contributed by atoms with Crippen LogP contribution in [0, 0.1) is 5.41 Å². The van der Waals surface area contributed by atoms with Crippen LogP contribution in [0.25, 0.3) is 0 Å². The van der Waals surface area contributed by atoms with Gasteiger partial charge in [-0.15, -0.1) is 0 Å². The molecule has 0 aromatic heterocycles. The molecule has 0 unspecified atom stereocenters. The highest BCUT2D eigenvalue weighted by atomic mass is 32.2. The molecule has 1 aromatic rings. The smallest absolute Gasteiger partial charge is 0.336 e. The van der Waals surface area contributed by atoms with E-state index in [1.54, 1.807) is 45.2 Å². The number of allylic oxidation sites excluding steroid dienone is 3. The van der Waals surface area contributed by atoms with Gasteiger partial charge in [0.15, 0.2) is 17.3 Å². The van der Waals surface area contributed by atoms with Crippen LogP contribution in [0.4, 0.5) is 0 Å². The number of thioether (sulfide) groups is 1. The van der Waals surface area contributed by atoms with E-state index in [2.05, 4.69) is 26.1 Å². The molecular formula is C26H35NO6S. The fourth-order valence-electron chi connectivity index (χ4n) is 4.71. The molecule has 1 aliphatic heterocycles. The summed E-state index contributed by atoms with van der Waals surface area (Å²) in [6, 6.07) is 3.52.